The summed E-state index contributed by atoms with van der Waals surface area (Å²) in [4.78, 5) is 9.95. The minimum Gasteiger partial charge on any atom is -0.318 e. The summed E-state index contributed by atoms with van der Waals surface area (Å²) in [5, 5.41) is 11.1. The SMILES string of the molecule is CCN(CC)S(=O)(=O)c1cccc(NN)c1[N+](=O)[O-]. The van der Waals surface area contributed by atoms with E-state index in [4.69, 9.17) is 5.84 Å². The summed E-state index contributed by atoms with van der Waals surface area (Å²) in [7, 11) is -3.91. The van der Waals surface area contributed by atoms with Gasteiger partial charge in [0, 0.05) is 13.1 Å². The van der Waals surface area contributed by atoms with Crippen molar-refractivity contribution < 1.29 is 13.3 Å². The second-order valence-electron chi connectivity index (χ2n) is 3.64. The number of para-hydroxylation sites is 1. The Kier molecular flexibility index (Phi) is 4.81. The van der Waals surface area contributed by atoms with Crippen molar-refractivity contribution in [3.8, 4) is 0 Å². The molecule has 3 N–H and O–H groups in total. The molecule has 1 aromatic rings. The third-order valence-electron chi connectivity index (χ3n) is 2.66. The van der Waals surface area contributed by atoms with E-state index < -0.39 is 20.6 Å². The third-order valence-corrected chi connectivity index (χ3v) is 4.74. The smallest absolute Gasteiger partial charge is 0.313 e. The van der Waals surface area contributed by atoms with Crippen molar-refractivity contribution in [2.45, 2.75) is 18.7 Å². The van der Waals surface area contributed by atoms with Crippen LogP contribution in [0.2, 0.25) is 0 Å². The van der Waals surface area contributed by atoms with Gasteiger partial charge in [-0.1, -0.05) is 19.9 Å². The summed E-state index contributed by atoms with van der Waals surface area (Å²) in [6.07, 6.45) is 0. The zero-order chi connectivity index (χ0) is 14.6. The summed E-state index contributed by atoms with van der Waals surface area (Å²) in [5.74, 6) is 5.18. The highest BCUT2D eigenvalue weighted by Gasteiger charge is 2.32. The van der Waals surface area contributed by atoms with Crippen LogP contribution in [0.4, 0.5) is 11.4 Å². The van der Waals surface area contributed by atoms with E-state index in [0.29, 0.717) is 0 Å². The number of nitrogen functional groups attached to an aromatic ring is 1. The fourth-order valence-corrected chi connectivity index (χ4v) is 3.38. The molecule has 106 valence electrons. The lowest BCUT2D eigenvalue weighted by Crippen LogP contribution is -2.31. The van der Waals surface area contributed by atoms with Crippen LogP contribution >= 0.6 is 0 Å². The van der Waals surface area contributed by atoms with E-state index in [1.54, 1.807) is 13.8 Å². The highest BCUT2D eigenvalue weighted by molar-refractivity contribution is 7.89. The number of hydrazine groups is 1. The number of sulfonamides is 1. The Morgan fingerprint density at radius 1 is 1.37 bits per heavy atom. The fourth-order valence-electron chi connectivity index (χ4n) is 1.74. The Morgan fingerprint density at radius 2 is 1.95 bits per heavy atom. The fraction of sp³-hybridized carbons (Fsp3) is 0.400. The van der Waals surface area contributed by atoms with Crippen molar-refractivity contribution in [2.75, 3.05) is 18.5 Å². The minimum atomic E-state index is -3.91. The lowest BCUT2D eigenvalue weighted by Gasteiger charge is -2.18. The maximum absolute atomic E-state index is 12.3. The molecule has 0 bridgehead atoms. The van der Waals surface area contributed by atoms with Gasteiger partial charge in [0.05, 0.1) is 4.92 Å². The van der Waals surface area contributed by atoms with Gasteiger partial charge in [-0.15, -0.1) is 0 Å². The molecule has 0 spiro atoms. The van der Waals surface area contributed by atoms with Gasteiger partial charge in [-0.05, 0) is 12.1 Å². The average Bonchev–Trinajstić information content (AvgIpc) is 2.38. The van der Waals surface area contributed by atoms with Gasteiger partial charge in [0.1, 0.15) is 5.69 Å². The standard InChI is InChI=1S/C10H16N4O4S/c1-3-13(4-2)19(17,18)9-7-5-6-8(12-11)10(9)14(15)16/h5-7,12H,3-4,11H2,1-2H3. The van der Waals surface area contributed by atoms with E-state index in [1.807, 2.05) is 0 Å². The molecule has 0 saturated heterocycles. The van der Waals surface area contributed by atoms with Crippen LogP contribution in [-0.2, 0) is 10.0 Å². The van der Waals surface area contributed by atoms with E-state index in [-0.39, 0.29) is 23.7 Å². The van der Waals surface area contributed by atoms with Gasteiger partial charge in [-0.2, -0.15) is 4.31 Å². The van der Waals surface area contributed by atoms with Gasteiger partial charge in [0.2, 0.25) is 10.0 Å². The molecule has 0 aliphatic carbocycles. The second-order valence-corrected chi connectivity index (χ2v) is 5.55. The summed E-state index contributed by atoms with van der Waals surface area (Å²) in [5.41, 5.74) is 1.55. The zero-order valence-electron chi connectivity index (χ0n) is 10.7. The van der Waals surface area contributed by atoms with Crippen molar-refractivity contribution >= 4 is 21.4 Å². The third kappa shape index (κ3) is 2.83. The van der Waals surface area contributed by atoms with Gasteiger partial charge >= 0.3 is 5.69 Å². The number of nitrogens with zero attached hydrogens (tertiary/aromatic N) is 2. The zero-order valence-corrected chi connectivity index (χ0v) is 11.5. The lowest BCUT2D eigenvalue weighted by atomic mass is 10.3. The van der Waals surface area contributed by atoms with Crippen molar-refractivity contribution in [1.29, 1.82) is 0 Å². The first kappa shape index (κ1) is 15.3. The van der Waals surface area contributed by atoms with Crippen LogP contribution < -0.4 is 11.3 Å². The van der Waals surface area contributed by atoms with E-state index in [1.165, 1.54) is 18.2 Å². The molecule has 0 aliphatic heterocycles. The maximum Gasteiger partial charge on any atom is 0.313 e. The molecular weight excluding hydrogens is 272 g/mol. The number of nitrogens with one attached hydrogen (secondary N) is 1. The van der Waals surface area contributed by atoms with Gasteiger partial charge in [-0.3, -0.25) is 16.0 Å². The number of hydrogen-bond acceptors (Lipinski definition) is 6. The van der Waals surface area contributed by atoms with Gasteiger partial charge in [-0.25, -0.2) is 8.42 Å². The van der Waals surface area contributed by atoms with E-state index >= 15 is 0 Å². The molecule has 9 heteroatoms. The molecular formula is C10H16N4O4S. The molecule has 0 atom stereocenters. The maximum atomic E-state index is 12.3. The molecule has 19 heavy (non-hydrogen) atoms. The van der Waals surface area contributed by atoms with Crippen LogP contribution in [0, 0.1) is 10.1 Å². The average molecular weight is 288 g/mol. The number of benzene rings is 1. The highest BCUT2D eigenvalue weighted by Crippen LogP contribution is 2.32. The molecule has 0 fully saturated rings. The van der Waals surface area contributed by atoms with Crippen LogP contribution in [0.1, 0.15) is 13.8 Å². The predicted octanol–water partition coefficient (Wildman–Crippen LogP) is 0.911. The first-order valence-corrected chi connectivity index (χ1v) is 7.08. The molecule has 0 unspecified atom stereocenters. The van der Waals surface area contributed by atoms with Crippen LogP contribution in [0.3, 0.4) is 0 Å². The highest BCUT2D eigenvalue weighted by atomic mass is 32.2. The van der Waals surface area contributed by atoms with Gasteiger partial charge in [0.25, 0.3) is 0 Å². The van der Waals surface area contributed by atoms with Crippen molar-refractivity contribution in [2.24, 2.45) is 5.84 Å². The topological polar surface area (TPSA) is 119 Å². The largest absolute Gasteiger partial charge is 0.318 e. The Bertz CT molecular complexity index is 569. The minimum absolute atomic E-state index is 0.0433. The molecule has 0 aliphatic rings. The number of nitro groups is 1. The van der Waals surface area contributed by atoms with E-state index in [2.05, 4.69) is 5.43 Å². The second kappa shape index (κ2) is 5.95. The Balaban J connectivity index is 3.55. The van der Waals surface area contributed by atoms with Crippen molar-refractivity contribution in [3.63, 3.8) is 0 Å². The number of nitrogens with two attached hydrogens (primary N) is 1. The normalized spacial score (nSPS) is 11.6. The van der Waals surface area contributed by atoms with Gasteiger partial charge in [0.15, 0.2) is 4.90 Å². The van der Waals surface area contributed by atoms with E-state index in [9.17, 15) is 18.5 Å². The Labute approximate surface area is 111 Å². The Hall–Kier alpha value is -1.71. The van der Waals surface area contributed by atoms with Crippen molar-refractivity contribution in [3.05, 3.63) is 28.3 Å². The molecule has 0 heterocycles. The molecule has 0 aromatic heterocycles. The van der Waals surface area contributed by atoms with Crippen LogP contribution in [0.25, 0.3) is 0 Å². The summed E-state index contributed by atoms with van der Waals surface area (Å²) < 4.78 is 25.8. The molecule has 8 nitrogen and oxygen atoms in total. The quantitative estimate of drug-likeness (QED) is 0.456. The molecule has 0 radical (unpaired) electrons. The molecule has 1 aromatic carbocycles. The van der Waals surface area contributed by atoms with Crippen LogP contribution in [0.5, 0.6) is 0 Å². The monoisotopic (exact) mass is 288 g/mol. The predicted molar refractivity (Wildman–Crippen MR) is 71.0 cm³/mol. The molecule has 1 rings (SSSR count). The summed E-state index contributed by atoms with van der Waals surface area (Å²) in [6, 6.07) is 3.95. The number of nitro benzene ring substituents is 1. The number of anilines is 1. The first-order valence-electron chi connectivity index (χ1n) is 5.64. The van der Waals surface area contributed by atoms with Crippen LogP contribution in [-0.4, -0.2) is 30.7 Å². The molecule has 0 amide bonds. The van der Waals surface area contributed by atoms with Gasteiger partial charge < -0.3 is 5.43 Å². The number of hydrogen-bond donors (Lipinski definition) is 2. The summed E-state index contributed by atoms with van der Waals surface area (Å²) >= 11 is 0. The molecule has 0 saturated carbocycles. The lowest BCUT2D eigenvalue weighted by molar-refractivity contribution is -0.386. The van der Waals surface area contributed by atoms with Crippen molar-refractivity contribution in [1.82, 2.24) is 4.31 Å². The Morgan fingerprint density at radius 3 is 2.37 bits per heavy atom. The van der Waals surface area contributed by atoms with Crippen LogP contribution in [0.15, 0.2) is 23.1 Å². The number of rotatable bonds is 6. The summed E-state index contributed by atoms with van der Waals surface area (Å²) in [6.45, 7) is 3.79. The first-order chi connectivity index (χ1) is 8.89. The van der Waals surface area contributed by atoms with E-state index in [0.717, 1.165) is 4.31 Å².